The highest BCUT2D eigenvalue weighted by Crippen LogP contribution is 2.41. The molecule has 0 heteroatoms. The van der Waals surface area contributed by atoms with Crippen LogP contribution in [-0.4, -0.2) is 0 Å². The lowest BCUT2D eigenvalue weighted by atomic mass is 9.71. The molecule has 10 heavy (non-hydrogen) atoms. The van der Waals surface area contributed by atoms with Crippen LogP contribution in [0, 0.1) is 11.8 Å². The molecule has 0 aromatic heterocycles. The van der Waals surface area contributed by atoms with E-state index < -0.39 is 0 Å². The van der Waals surface area contributed by atoms with Crippen LogP contribution in [0.2, 0.25) is 0 Å². The summed E-state index contributed by atoms with van der Waals surface area (Å²) in [5.74, 6) is 1.25. The molecule has 0 atom stereocenters. The van der Waals surface area contributed by atoms with Gasteiger partial charge < -0.3 is 0 Å². The van der Waals surface area contributed by atoms with Crippen molar-refractivity contribution in [3.63, 3.8) is 0 Å². The van der Waals surface area contributed by atoms with E-state index in [2.05, 4.69) is 25.3 Å². The van der Waals surface area contributed by atoms with Gasteiger partial charge in [-0.25, -0.2) is 0 Å². The van der Waals surface area contributed by atoms with Gasteiger partial charge in [0.05, 0.1) is 0 Å². The first-order valence-corrected chi connectivity index (χ1v) is 3.81. The van der Waals surface area contributed by atoms with Gasteiger partial charge in [-0.05, 0) is 18.8 Å². The number of fused-ring (bicyclic) bond motifs is 2. The summed E-state index contributed by atoms with van der Waals surface area (Å²) >= 11 is 0. The molecule has 2 bridgehead atoms. The lowest BCUT2D eigenvalue weighted by molar-refractivity contribution is 0.506. The van der Waals surface area contributed by atoms with Crippen LogP contribution in [0.5, 0.6) is 0 Å². The number of hydrogen-bond acceptors (Lipinski definition) is 0. The van der Waals surface area contributed by atoms with Gasteiger partial charge in [0, 0.05) is 5.92 Å². The summed E-state index contributed by atoms with van der Waals surface area (Å²) in [6.07, 6.45) is 6.96. The first-order chi connectivity index (χ1) is 4.77. The van der Waals surface area contributed by atoms with E-state index in [1.54, 1.807) is 0 Å². The van der Waals surface area contributed by atoms with Gasteiger partial charge in [-0.3, -0.25) is 0 Å². The molecule has 0 N–H and O–H groups in total. The van der Waals surface area contributed by atoms with Crippen LogP contribution in [0.4, 0.5) is 0 Å². The Morgan fingerprint density at radius 2 is 1.70 bits per heavy atom. The molecular weight excluding hydrogens is 120 g/mol. The van der Waals surface area contributed by atoms with E-state index >= 15 is 0 Å². The molecule has 0 unspecified atom stereocenters. The SMILES string of the molecule is C=C1CC2C=CC1C(=C)C2. The van der Waals surface area contributed by atoms with Gasteiger partial charge in [0.1, 0.15) is 0 Å². The Labute approximate surface area is 61.9 Å². The molecule has 0 aromatic carbocycles. The minimum Gasteiger partial charge on any atom is -0.0989 e. The fourth-order valence-corrected chi connectivity index (χ4v) is 1.96. The van der Waals surface area contributed by atoms with Crippen molar-refractivity contribution in [3.8, 4) is 0 Å². The molecule has 0 aliphatic heterocycles. The standard InChI is InChI=1S/C10H12/c1-7-5-9-3-4-10(7)8(2)6-9/h3-4,9-10H,1-2,5-6H2. The predicted molar refractivity (Wildman–Crippen MR) is 43.6 cm³/mol. The average molecular weight is 132 g/mol. The van der Waals surface area contributed by atoms with Crippen molar-refractivity contribution >= 4 is 0 Å². The lowest BCUT2D eigenvalue weighted by Gasteiger charge is -2.34. The summed E-state index contributed by atoms with van der Waals surface area (Å²) in [5.41, 5.74) is 2.73. The number of rotatable bonds is 0. The molecule has 3 rings (SSSR count). The molecule has 1 fully saturated rings. The van der Waals surface area contributed by atoms with Crippen LogP contribution in [0.1, 0.15) is 12.8 Å². The normalized spacial score (nSPS) is 37.2. The second-order valence-electron chi connectivity index (χ2n) is 3.35. The maximum absolute atomic E-state index is 4.04. The van der Waals surface area contributed by atoms with E-state index in [0.29, 0.717) is 5.92 Å². The fourth-order valence-electron chi connectivity index (χ4n) is 1.96. The molecule has 0 saturated heterocycles. The molecule has 0 spiro atoms. The third kappa shape index (κ3) is 0.683. The van der Waals surface area contributed by atoms with Gasteiger partial charge >= 0.3 is 0 Å². The van der Waals surface area contributed by atoms with E-state index in [4.69, 9.17) is 0 Å². The Morgan fingerprint density at radius 1 is 1.10 bits per heavy atom. The van der Waals surface area contributed by atoms with Crippen molar-refractivity contribution in [2.24, 2.45) is 11.8 Å². The van der Waals surface area contributed by atoms with Crippen molar-refractivity contribution < 1.29 is 0 Å². The van der Waals surface area contributed by atoms with Gasteiger partial charge in [-0.15, -0.1) is 0 Å². The molecule has 0 amide bonds. The average Bonchev–Trinajstić information content (AvgIpc) is 1.86. The zero-order valence-electron chi connectivity index (χ0n) is 6.14. The van der Waals surface area contributed by atoms with Crippen molar-refractivity contribution in [3.05, 3.63) is 36.5 Å². The summed E-state index contributed by atoms with van der Waals surface area (Å²) < 4.78 is 0. The van der Waals surface area contributed by atoms with E-state index in [1.165, 1.54) is 24.0 Å². The first-order valence-electron chi connectivity index (χ1n) is 3.81. The summed E-state index contributed by atoms with van der Waals surface area (Å²) in [7, 11) is 0. The van der Waals surface area contributed by atoms with Crippen LogP contribution in [-0.2, 0) is 0 Å². The van der Waals surface area contributed by atoms with Gasteiger partial charge in [0.25, 0.3) is 0 Å². The maximum atomic E-state index is 4.04. The quantitative estimate of drug-likeness (QED) is 0.444. The Balaban J connectivity index is 2.39. The maximum Gasteiger partial charge on any atom is 0.0182 e. The van der Waals surface area contributed by atoms with Gasteiger partial charge in [-0.2, -0.15) is 0 Å². The third-order valence-electron chi connectivity index (χ3n) is 2.50. The zero-order chi connectivity index (χ0) is 7.14. The molecule has 52 valence electrons. The van der Waals surface area contributed by atoms with Gasteiger partial charge in [-0.1, -0.05) is 36.5 Å². The van der Waals surface area contributed by atoms with Crippen LogP contribution in [0.25, 0.3) is 0 Å². The lowest BCUT2D eigenvalue weighted by Crippen LogP contribution is -2.21. The summed E-state index contributed by atoms with van der Waals surface area (Å²) in [6, 6.07) is 0. The Morgan fingerprint density at radius 3 is 2.00 bits per heavy atom. The number of allylic oxidation sites excluding steroid dienone is 4. The van der Waals surface area contributed by atoms with Crippen molar-refractivity contribution in [2.45, 2.75) is 12.8 Å². The molecule has 3 aliphatic carbocycles. The van der Waals surface area contributed by atoms with E-state index in [9.17, 15) is 0 Å². The zero-order valence-corrected chi connectivity index (χ0v) is 6.14. The largest absolute Gasteiger partial charge is 0.0989 e. The van der Waals surface area contributed by atoms with E-state index in [-0.39, 0.29) is 0 Å². The highest BCUT2D eigenvalue weighted by atomic mass is 14.3. The highest BCUT2D eigenvalue weighted by Gasteiger charge is 2.28. The second kappa shape index (κ2) is 1.85. The summed E-state index contributed by atoms with van der Waals surface area (Å²) in [5, 5.41) is 0. The molecule has 0 heterocycles. The highest BCUT2D eigenvalue weighted by molar-refractivity contribution is 5.33. The Hall–Kier alpha value is -0.780. The van der Waals surface area contributed by atoms with Crippen LogP contribution in [0.15, 0.2) is 36.5 Å². The minimum absolute atomic E-state index is 0.519. The first kappa shape index (κ1) is 5.96. The smallest absolute Gasteiger partial charge is 0.0182 e. The monoisotopic (exact) mass is 132 g/mol. The van der Waals surface area contributed by atoms with Crippen LogP contribution in [0.3, 0.4) is 0 Å². The van der Waals surface area contributed by atoms with Crippen molar-refractivity contribution in [1.82, 2.24) is 0 Å². The van der Waals surface area contributed by atoms with Gasteiger partial charge in [0.2, 0.25) is 0 Å². The minimum atomic E-state index is 0.519. The topological polar surface area (TPSA) is 0 Å². The fraction of sp³-hybridized carbons (Fsp3) is 0.400. The third-order valence-corrected chi connectivity index (χ3v) is 2.50. The molecule has 3 aliphatic rings. The second-order valence-corrected chi connectivity index (χ2v) is 3.35. The van der Waals surface area contributed by atoms with E-state index in [1.807, 2.05) is 0 Å². The van der Waals surface area contributed by atoms with Crippen molar-refractivity contribution in [2.75, 3.05) is 0 Å². The van der Waals surface area contributed by atoms with Crippen molar-refractivity contribution in [1.29, 1.82) is 0 Å². The van der Waals surface area contributed by atoms with E-state index in [0.717, 1.165) is 5.92 Å². The van der Waals surface area contributed by atoms with Crippen LogP contribution >= 0.6 is 0 Å². The Kier molecular flexibility index (Phi) is 1.10. The molecule has 0 aromatic rings. The summed E-state index contributed by atoms with van der Waals surface area (Å²) in [4.78, 5) is 0. The predicted octanol–water partition coefficient (Wildman–Crippen LogP) is 2.69. The van der Waals surface area contributed by atoms with Crippen LogP contribution < -0.4 is 0 Å². The molecule has 1 saturated carbocycles. The summed E-state index contributed by atoms with van der Waals surface area (Å²) in [6.45, 7) is 8.07. The molecule has 0 nitrogen and oxygen atoms in total. The molecule has 0 radical (unpaired) electrons. The number of hydrogen-bond donors (Lipinski definition) is 0. The van der Waals surface area contributed by atoms with Gasteiger partial charge in [0.15, 0.2) is 0 Å². The molecular formula is C10H12. The Bertz CT molecular complexity index is 202.